The van der Waals surface area contributed by atoms with Crippen LogP contribution in [0.4, 0.5) is 5.00 Å². The Morgan fingerprint density at radius 1 is 1.16 bits per heavy atom. The van der Waals surface area contributed by atoms with Crippen molar-refractivity contribution < 1.29 is 14.3 Å². The number of ketones is 1. The first kappa shape index (κ1) is 16.8. The zero-order valence-electron chi connectivity index (χ0n) is 13.6. The third-order valence-corrected chi connectivity index (χ3v) is 6.17. The highest BCUT2D eigenvalue weighted by molar-refractivity contribution is 7.17. The lowest BCUT2D eigenvalue weighted by molar-refractivity contribution is -0.124. The van der Waals surface area contributed by atoms with E-state index in [0.717, 1.165) is 37.7 Å². The summed E-state index contributed by atoms with van der Waals surface area (Å²) in [6.07, 6.45) is 4.14. The van der Waals surface area contributed by atoms with Crippen LogP contribution in [0, 0.1) is 0 Å². The summed E-state index contributed by atoms with van der Waals surface area (Å²) in [6, 6.07) is 6.89. The van der Waals surface area contributed by atoms with Crippen LogP contribution >= 0.6 is 22.9 Å². The van der Waals surface area contributed by atoms with Gasteiger partial charge in [0.1, 0.15) is 11.1 Å². The van der Waals surface area contributed by atoms with E-state index in [1.807, 2.05) is 0 Å². The summed E-state index contributed by atoms with van der Waals surface area (Å²) in [6.45, 7) is 0.621. The third-order valence-electron chi connectivity index (χ3n) is 4.71. The molecular formula is C19H18ClNO3S. The molecule has 2 heterocycles. The molecule has 25 heavy (non-hydrogen) atoms. The zero-order chi connectivity index (χ0) is 17.4. The van der Waals surface area contributed by atoms with E-state index in [1.165, 1.54) is 16.2 Å². The van der Waals surface area contributed by atoms with E-state index in [-0.39, 0.29) is 11.7 Å². The number of amides is 1. The van der Waals surface area contributed by atoms with Crippen LogP contribution in [-0.2, 0) is 22.4 Å². The van der Waals surface area contributed by atoms with Gasteiger partial charge < -0.3 is 10.1 Å². The van der Waals surface area contributed by atoms with Crippen LogP contribution in [0.2, 0.25) is 5.02 Å². The van der Waals surface area contributed by atoms with E-state index in [1.54, 1.807) is 24.3 Å². The van der Waals surface area contributed by atoms with Crippen LogP contribution in [0.25, 0.3) is 0 Å². The van der Waals surface area contributed by atoms with Gasteiger partial charge in [-0.1, -0.05) is 11.6 Å². The van der Waals surface area contributed by atoms with Gasteiger partial charge in [0, 0.05) is 22.1 Å². The fraction of sp³-hybridized carbons (Fsp3) is 0.368. The molecule has 4 rings (SSSR count). The van der Waals surface area contributed by atoms with Crippen LogP contribution in [0.5, 0.6) is 0 Å². The molecule has 1 N–H and O–H groups in total. The van der Waals surface area contributed by atoms with Gasteiger partial charge in [-0.15, -0.1) is 11.3 Å². The zero-order valence-corrected chi connectivity index (χ0v) is 15.2. The summed E-state index contributed by atoms with van der Waals surface area (Å²) < 4.78 is 5.46. The lowest BCUT2D eigenvalue weighted by Gasteiger charge is -2.11. The van der Waals surface area contributed by atoms with Gasteiger partial charge in [0.15, 0.2) is 5.78 Å². The van der Waals surface area contributed by atoms with E-state index >= 15 is 0 Å². The maximum absolute atomic E-state index is 13.1. The van der Waals surface area contributed by atoms with Crippen LogP contribution in [-0.4, -0.2) is 24.4 Å². The van der Waals surface area contributed by atoms with Gasteiger partial charge in [-0.25, -0.2) is 0 Å². The predicted octanol–water partition coefficient (Wildman–Crippen LogP) is 4.24. The molecule has 1 aliphatic heterocycles. The molecule has 1 atom stereocenters. The molecule has 130 valence electrons. The lowest BCUT2D eigenvalue weighted by Crippen LogP contribution is -2.27. The fourth-order valence-electron chi connectivity index (χ4n) is 3.45. The molecule has 1 amide bonds. The minimum Gasteiger partial charge on any atom is -0.368 e. The highest BCUT2D eigenvalue weighted by atomic mass is 35.5. The number of thiophene rings is 1. The maximum atomic E-state index is 13.1. The number of rotatable bonds is 4. The highest BCUT2D eigenvalue weighted by Crippen LogP contribution is 2.40. The second-order valence-electron chi connectivity index (χ2n) is 6.39. The Kier molecular flexibility index (Phi) is 4.63. The average Bonchev–Trinajstić information content (AvgIpc) is 3.32. The number of aryl methyl sites for hydroxylation is 1. The molecule has 2 aliphatic rings. The second-order valence-corrected chi connectivity index (χ2v) is 7.93. The Morgan fingerprint density at radius 3 is 2.68 bits per heavy atom. The number of hydrogen-bond donors (Lipinski definition) is 1. The molecule has 1 saturated heterocycles. The van der Waals surface area contributed by atoms with Crippen molar-refractivity contribution >= 4 is 39.6 Å². The molecule has 0 bridgehead atoms. The van der Waals surface area contributed by atoms with E-state index in [2.05, 4.69) is 5.32 Å². The second kappa shape index (κ2) is 6.90. The van der Waals surface area contributed by atoms with Crippen LogP contribution in [0.1, 0.15) is 45.6 Å². The molecule has 2 aromatic rings. The van der Waals surface area contributed by atoms with Crippen LogP contribution in [0.3, 0.4) is 0 Å². The number of hydrogen-bond acceptors (Lipinski definition) is 4. The number of benzene rings is 1. The lowest BCUT2D eigenvalue weighted by atomic mass is 10.0. The van der Waals surface area contributed by atoms with Crippen molar-refractivity contribution in [3.05, 3.63) is 50.9 Å². The molecule has 0 spiro atoms. The number of nitrogens with one attached hydrogen (secondary N) is 1. The topological polar surface area (TPSA) is 55.4 Å². The minimum atomic E-state index is -0.407. The molecular weight excluding hydrogens is 358 g/mol. The van der Waals surface area contributed by atoms with Crippen LogP contribution in [0.15, 0.2) is 24.3 Å². The average molecular weight is 376 g/mol. The van der Waals surface area contributed by atoms with Crippen molar-refractivity contribution in [2.75, 3.05) is 11.9 Å². The molecule has 1 fully saturated rings. The number of carbonyl (C=O) groups is 2. The Morgan fingerprint density at radius 2 is 1.96 bits per heavy atom. The number of fused-ring (bicyclic) bond motifs is 1. The first-order valence-electron chi connectivity index (χ1n) is 8.51. The van der Waals surface area contributed by atoms with Gasteiger partial charge in [-0.05, 0) is 61.9 Å². The number of ether oxygens (including phenoxy) is 1. The molecule has 6 heteroatoms. The summed E-state index contributed by atoms with van der Waals surface area (Å²) in [5.74, 6) is -0.207. The third kappa shape index (κ3) is 3.24. The molecule has 1 unspecified atom stereocenters. The number of halogens is 1. The van der Waals surface area contributed by atoms with E-state index in [4.69, 9.17) is 16.3 Å². The summed E-state index contributed by atoms with van der Waals surface area (Å²) >= 11 is 7.46. The smallest absolute Gasteiger partial charge is 0.254 e. The van der Waals surface area contributed by atoms with Crippen molar-refractivity contribution in [3.63, 3.8) is 0 Å². The maximum Gasteiger partial charge on any atom is 0.254 e. The largest absolute Gasteiger partial charge is 0.368 e. The van der Waals surface area contributed by atoms with Crippen LogP contribution < -0.4 is 5.32 Å². The van der Waals surface area contributed by atoms with E-state index < -0.39 is 6.10 Å². The minimum absolute atomic E-state index is 0.0568. The van der Waals surface area contributed by atoms with Crippen molar-refractivity contribution in [2.24, 2.45) is 0 Å². The van der Waals surface area contributed by atoms with Crippen molar-refractivity contribution in [3.8, 4) is 0 Å². The van der Waals surface area contributed by atoms with E-state index in [9.17, 15) is 9.59 Å². The van der Waals surface area contributed by atoms with Gasteiger partial charge in [0.05, 0.1) is 5.56 Å². The first-order valence-corrected chi connectivity index (χ1v) is 9.70. The normalized spacial score (nSPS) is 19.0. The standard InChI is InChI=1S/C19H18ClNO3S/c20-12-8-6-11(7-9-12)17(22)16-13-3-1-5-15(13)25-19(16)21-18(23)14-4-2-10-24-14/h6-9,14H,1-5,10H2,(H,21,23). The SMILES string of the molecule is O=C(c1ccc(Cl)cc1)c1c(NC(=O)C2CCCO2)sc2c1CCC2. The Hall–Kier alpha value is -1.69. The first-order chi connectivity index (χ1) is 12.1. The van der Waals surface area contributed by atoms with Gasteiger partial charge in [-0.2, -0.15) is 0 Å². The fourth-order valence-corrected chi connectivity index (χ4v) is 4.87. The summed E-state index contributed by atoms with van der Waals surface area (Å²) in [4.78, 5) is 26.7. The quantitative estimate of drug-likeness (QED) is 0.813. The summed E-state index contributed by atoms with van der Waals surface area (Å²) in [5, 5.41) is 4.21. The summed E-state index contributed by atoms with van der Waals surface area (Å²) in [7, 11) is 0. The van der Waals surface area contributed by atoms with Crippen molar-refractivity contribution in [2.45, 2.75) is 38.2 Å². The molecule has 1 aromatic heterocycles. The van der Waals surface area contributed by atoms with Gasteiger partial charge in [-0.3, -0.25) is 9.59 Å². The van der Waals surface area contributed by atoms with Crippen molar-refractivity contribution in [1.82, 2.24) is 0 Å². The summed E-state index contributed by atoms with van der Waals surface area (Å²) in [5.41, 5.74) is 2.32. The Labute approximate surface area is 155 Å². The van der Waals surface area contributed by atoms with Gasteiger partial charge in [0.2, 0.25) is 0 Å². The van der Waals surface area contributed by atoms with E-state index in [0.29, 0.717) is 27.8 Å². The molecule has 0 radical (unpaired) electrons. The van der Waals surface area contributed by atoms with Gasteiger partial charge >= 0.3 is 0 Å². The monoisotopic (exact) mass is 375 g/mol. The molecule has 1 aromatic carbocycles. The molecule has 0 saturated carbocycles. The molecule has 1 aliphatic carbocycles. The van der Waals surface area contributed by atoms with Gasteiger partial charge in [0.25, 0.3) is 5.91 Å². The highest BCUT2D eigenvalue weighted by Gasteiger charge is 2.30. The predicted molar refractivity (Wildman–Crippen MR) is 98.8 cm³/mol. The number of carbonyl (C=O) groups excluding carboxylic acids is 2. The Balaban J connectivity index is 1.67. The molecule has 4 nitrogen and oxygen atoms in total. The Bertz CT molecular complexity index is 822. The van der Waals surface area contributed by atoms with Crippen molar-refractivity contribution in [1.29, 1.82) is 0 Å². The number of anilines is 1.